The molecule has 0 spiro atoms. The van der Waals surface area contributed by atoms with Crippen LogP contribution >= 0.6 is 0 Å². The lowest BCUT2D eigenvalue weighted by Crippen LogP contribution is -1.94. The maximum atomic E-state index is 5.45. The van der Waals surface area contributed by atoms with E-state index < -0.39 is 0 Å². The fraction of sp³-hybridized carbons (Fsp3) is 0.385. The van der Waals surface area contributed by atoms with Gasteiger partial charge in [-0.05, 0) is 29.5 Å². The second kappa shape index (κ2) is 5.61. The summed E-state index contributed by atoms with van der Waals surface area (Å²) < 4.78 is 0. The molecule has 0 bridgehead atoms. The molecule has 0 aliphatic carbocycles. The summed E-state index contributed by atoms with van der Waals surface area (Å²) in [6.07, 6.45) is 6.30. The third kappa shape index (κ3) is 2.71. The van der Waals surface area contributed by atoms with Crippen molar-refractivity contribution in [3.05, 3.63) is 41.0 Å². The quantitative estimate of drug-likeness (QED) is 0.774. The molecule has 1 aromatic carbocycles. The summed E-state index contributed by atoms with van der Waals surface area (Å²) in [7, 11) is 0. The van der Waals surface area contributed by atoms with Crippen LogP contribution in [0.25, 0.3) is 6.08 Å². The minimum atomic E-state index is 0.611. The SMILES string of the molecule is CCc1ccc(CC)c(/C=C/CN)c1. The lowest BCUT2D eigenvalue weighted by molar-refractivity contribution is 1.09. The molecule has 0 amide bonds. The first-order valence-corrected chi connectivity index (χ1v) is 5.30. The molecule has 0 saturated carbocycles. The Balaban J connectivity index is 3.02. The van der Waals surface area contributed by atoms with Crippen LogP contribution in [0, 0.1) is 0 Å². The van der Waals surface area contributed by atoms with Crippen LogP contribution in [0.4, 0.5) is 0 Å². The molecule has 1 rings (SSSR count). The van der Waals surface area contributed by atoms with E-state index in [1.165, 1.54) is 16.7 Å². The fourth-order valence-corrected chi connectivity index (χ4v) is 1.54. The highest BCUT2D eigenvalue weighted by Crippen LogP contribution is 2.15. The predicted octanol–water partition coefficient (Wildman–Crippen LogP) is 2.78. The van der Waals surface area contributed by atoms with E-state index in [0.29, 0.717) is 6.54 Å². The maximum absolute atomic E-state index is 5.45. The highest BCUT2D eigenvalue weighted by atomic mass is 14.5. The Bertz CT molecular complexity index is 313. The molecule has 0 atom stereocenters. The molecule has 0 aliphatic rings. The summed E-state index contributed by atoms with van der Waals surface area (Å²) in [6, 6.07) is 6.68. The Hall–Kier alpha value is -1.08. The molecule has 0 fully saturated rings. The molecular weight excluding hydrogens is 170 g/mol. The minimum absolute atomic E-state index is 0.611. The van der Waals surface area contributed by atoms with E-state index >= 15 is 0 Å². The van der Waals surface area contributed by atoms with E-state index in [0.717, 1.165) is 12.8 Å². The Morgan fingerprint density at radius 1 is 1.21 bits per heavy atom. The molecule has 1 heteroatoms. The van der Waals surface area contributed by atoms with Gasteiger partial charge in [0.25, 0.3) is 0 Å². The summed E-state index contributed by atoms with van der Waals surface area (Å²) in [5, 5.41) is 0. The van der Waals surface area contributed by atoms with Gasteiger partial charge in [-0.1, -0.05) is 44.2 Å². The summed E-state index contributed by atoms with van der Waals surface area (Å²) >= 11 is 0. The van der Waals surface area contributed by atoms with Gasteiger partial charge in [0, 0.05) is 6.54 Å². The third-order valence-electron chi connectivity index (χ3n) is 2.43. The second-order valence-electron chi connectivity index (χ2n) is 3.38. The first-order chi connectivity index (χ1) is 6.81. The molecule has 14 heavy (non-hydrogen) atoms. The number of benzene rings is 1. The van der Waals surface area contributed by atoms with Gasteiger partial charge in [0.2, 0.25) is 0 Å². The van der Waals surface area contributed by atoms with Crippen LogP contribution in [0.1, 0.15) is 30.5 Å². The zero-order valence-electron chi connectivity index (χ0n) is 9.09. The number of rotatable bonds is 4. The topological polar surface area (TPSA) is 26.0 Å². The Morgan fingerprint density at radius 2 is 2.00 bits per heavy atom. The van der Waals surface area contributed by atoms with Gasteiger partial charge in [-0.3, -0.25) is 0 Å². The van der Waals surface area contributed by atoms with E-state index in [-0.39, 0.29) is 0 Å². The Labute approximate surface area is 86.6 Å². The molecule has 1 aromatic rings. The van der Waals surface area contributed by atoms with Gasteiger partial charge in [-0.25, -0.2) is 0 Å². The lowest BCUT2D eigenvalue weighted by Gasteiger charge is -2.05. The van der Waals surface area contributed by atoms with Crippen molar-refractivity contribution in [2.75, 3.05) is 6.54 Å². The van der Waals surface area contributed by atoms with Crippen LogP contribution in [-0.2, 0) is 12.8 Å². The standard InChI is InChI=1S/C13H19N/c1-3-11-7-8-12(4-2)13(10-11)6-5-9-14/h5-8,10H,3-4,9,14H2,1-2H3/b6-5+. The van der Waals surface area contributed by atoms with Crippen LogP contribution in [0.3, 0.4) is 0 Å². The van der Waals surface area contributed by atoms with Crippen LogP contribution in [-0.4, -0.2) is 6.54 Å². The first-order valence-electron chi connectivity index (χ1n) is 5.30. The molecule has 0 saturated heterocycles. The molecule has 76 valence electrons. The third-order valence-corrected chi connectivity index (χ3v) is 2.43. The van der Waals surface area contributed by atoms with Gasteiger partial charge in [0.1, 0.15) is 0 Å². The number of hydrogen-bond donors (Lipinski definition) is 1. The molecule has 1 nitrogen and oxygen atoms in total. The normalized spacial score (nSPS) is 11.1. The predicted molar refractivity (Wildman–Crippen MR) is 63.3 cm³/mol. The average Bonchev–Trinajstić information content (AvgIpc) is 2.25. The van der Waals surface area contributed by atoms with Crippen LogP contribution < -0.4 is 5.73 Å². The first kappa shape index (κ1) is 11.0. The summed E-state index contributed by atoms with van der Waals surface area (Å²) in [4.78, 5) is 0. The molecule has 0 aromatic heterocycles. The zero-order valence-corrected chi connectivity index (χ0v) is 9.09. The van der Waals surface area contributed by atoms with Gasteiger partial charge in [0.05, 0.1) is 0 Å². The van der Waals surface area contributed by atoms with Gasteiger partial charge in [-0.2, -0.15) is 0 Å². The number of nitrogens with two attached hydrogens (primary N) is 1. The van der Waals surface area contributed by atoms with E-state index in [1.54, 1.807) is 0 Å². The highest BCUT2D eigenvalue weighted by Gasteiger charge is 1.98. The number of hydrogen-bond acceptors (Lipinski definition) is 1. The van der Waals surface area contributed by atoms with Crippen LogP contribution in [0.15, 0.2) is 24.3 Å². The Kier molecular flexibility index (Phi) is 4.41. The Morgan fingerprint density at radius 3 is 2.57 bits per heavy atom. The van der Waals surface area contributed by atoms with Crippen molar-refractivity contribution in [3.63, 3.8) is 0 Å². The fourth-order valence-electron chi connectivity index (χ4n) is 1.54. The van der Waals surface area contributed by atoms with Gasteiger partial charge in [0.15, 0.2) is 0 Å². The number of aryl methyl sites for hydroxylation is 2. The second-order valence-corrected chi connectivity index (χ2v) is 3.38. The smallest absolute Gasteiger partial charge is 0.0110 e. The van der Waals surface area contributed by atoms with Crippen LogP contribution in [0.5, 0.6) is 0 Å². The lowest BCUT2D eigenvalue weighted by atomic mass is 10.0. The van der Waals surface area contributed by atoms with Crippen molar-refractivity contribution < 1.29 is 0 Å². The van der Waals surface area contributed by atoms with E-state index in [4.69, 9.17) is 5.73 Å². The van der Waals surface area contributed by atoms with Crippen molar-refractivity contribution in [2.45, 2.75) is 26.7 Å². The molecule has 2 N–H and O–H groups in total. The van der Waals surface area contributed by atoms with E-state index in [9.17, 15) is 0 Å². The van der Waals surface area contributed by atoms with Crippen molar-refractivity contribution >= 4 is 6.08 Å². The summed E-state index contributed by atoms with van der Waals surface area (Å²) in [6.45, 7) is 4.97. The van der Waals surface area contributed by atoms with Crippen molar-refractivity contribution in [3.8, 4) is 0 Å². The highest BCUT2D eigenvalue weighted by molar-refractivity contribution is 5.55. The van der Waals surface area contributed by atoms with E-state index in [1.807, 2.05) is 6.08 Å². The van der Waals surface area contributed by atoms with Crippen molar-refractivity contribution in [2.24, 2.45) is 5.73 Å². The summed E-state index contributed by atoms with van der Waals surface area (Å²) in [5.74, 6) is 0. The maximum Gasteiger partial charge on any atom is 0.0110 e. The van der Waals surface area contributed by atoms with Crippen LogP contribution in [0.2, 0.25) is 0 Å². The molecular formula is C13H19N. The summed E-state index contributed by atoms with van der Waals surface area (Å²) in [5.41, 5.74) is 9.55. The largest absolute Gasteiger partial charge is 0.327 e. The van der Waals surface area contributed by atoms with E-state index in [2.05, 4.69) is 38.1 Å². The molecule has 0 unspecified atom stereocenters. The minimum Gasteiger partial charge on any atom is -0.327 e. The van der Waals surface area contributed by atoms with Crippen molar-refractivity contribution in [1.29, 1.82) is 0 Å². The molecule has 0 aliphatic heterocycles. The molecule has 0 heterocycles. The van der Waals surface area contributed by atoms with Crippen molar-refractivity contribution in [1.82, 2.24) is 0 Å². The average molecular weight is 189 g/mol. The zero-order chi connectivity index (χ0) is 10.4. The van der Waals surface area contributed by atoms with Gasteiger partial charge in [-0.15, -0.1) is 0 Å². The monoisotopic (exact) mass is 189 g/mol. The van der Waals surface area contributed by atoms with Gasteiger partial charge >= 0.3 is 0 Å². The van der Waals surface area contributed by atoms with Gasteiger partial charge < -0.3 is 5.73 Å². The molecule has 0 radical (unpaired) electrons.